The molecule has 0 radical (unpaired) electrons. The van der Waals surface area contributed by atoms with Crippen molar-refractivity contribution in [1.29, 1.82) is 0 Å². The van der Waals surface area contributed by atoms with E-state index < -0.39 is 0 Å². The lowest BCUT2D eigenvalue weighted by atomic mass is 10.0. The van der Waals surface area contributed by atoms with Crippen molar-refractivity contribution in [2.75, 3.05) is 12.4 Å². The first kappa shape index (κ1) is 12.9. The fourth-order valence-corrected chi connectivity index (χ4v) is 3.30. The second-order valence-corrected chi connectivity index (χ2v) is 5.57. The number of halogens is 1. The van der Waals surface area contributed by atoms with Crippen LogP contribution in [0.3, 0.4) is 0 Å². The highest BCUT2D eigenvalue weighted by molar-refractivity contribution is 6.18. The Morgan fingerprint density at radius 1 is 1.21 bits per heavy atom. The number of piperidine rings is 1. The maximum atomic E-state index is 6.11. The number of rotatable bonds is 3. The van der Waals surface area contributed by atoms with Gasteiger partial charge in [0.2, 0.25) is 0 Å². The average molecular weight is 275 g/mol. The van der Waals surface area contributed by atoms with Gasteiger partial charge in [0.05, 0.1) is 5.52 Å². The van der Waals surface area contributed by atoms with Crippen LogP contribution in [0.1, 0.15) is 24.8 Å². The maximum Gasteiger partial charge on any atom is 0.0705 e. The number of hydrogen-bond acceptors (Lipinski definition) is 2. The Kier molecular flexibility index (Phi) is 4.00. The molecule has 3 heteroatoms. The topological polar surface area (TPSA) is 16.1 Å². The molecule has 0 spiro atoms. The van der Waals surface area contributed by atoms with E-state index in [1.165, 1.54) is 30.2 Å². The Morgan fingerprint density at radius 2 is 2.11 bits per heavy atom. The van der Waals surface area contributed by atoms with Crippen molar-refractivity contribution in [3.8, 4) is 0 Å². The summed E-state index contributed by atoms with van der Waals surface area (Å²) in [6.07, 6.45) is 5.74. The molecule has 1 saturated heterocycles. The summed E-state index contributed by atoms with van der Waals surface area (Å²) in [7, 11) is 0. The average Bonchev–Trinajstić information content (AvgIpc) is 2.48. The lowest BCUT2D eigenvalue weighted by Gasteiger charge is -2.34. The number of nitrogens with zero attached hydrogens (tertiary/aromatic N) is 2. The Balaban J connectivity index is 1.88. The molecule has 0 bridgehead atoms. The molecule has 3 rings (SSSR count). The number of fused-ring (bicyclic) bond motifs is 1. The lowest BCUT2D eigenvalue weighted by molar-refractivity contribution is 0.155. The Morgan fingerprint density at radius 3 is 3.00 bits per heavy atom. The molecule has 0 saturated carbocycles. The zero-order valence-electron chi connectivity index (χ0n) is 11.1. The second kappa shape index (κ2) is 5.89. The molecule has 2 aromatic rings. The molecule has 1 fully saturated rings. The van der Waals surface area contributed by atoms with Gasteiger partial charge in [0, 0.05) is 30.0 Å². The molecular formula is C16H19ClN2. The van der Waals surface area contributed by atoms with E-state index in [4.69, 9.17) is 11.6 Å². The molecule has 0 aliphatic carbocycles. The molecule has 0 amide bonds. The Hall–Kier alpha value is -1.12. The summed E-state index contributed by atoms with van der Waals surface area (Å²) in [5, 5.41) is 1.27. The highest BCUT2D eigenvalue weighted by Gasteiger charge is 2.21. The van der Waals surface area contributed by atoms with Gasteiger partial charge in [-0.1, -0.05) is 24.6 Å². The van der Waals surface area contributed by atoms with Gasteiger partial charge in [-0.25, -0.2) is 0 Å². The number of alkyl halides is 1. The van der Waals surface area contributed by atoms with E-state index in [2.05, 4.69) is 34.1 Å². The highest BCUT2D eigenvalue weighted by atomic mass is 35.5. The van der Waals surface area contributed by atoms with Crippen molar-refractivity contribution >= 4 is 22.5 Å². The van der Waals surface area contributed by atoms with E-state index >= 15 is 0 Å². The molecule has 19 heavy (non-hydrogen) atoms. The predicted molar refractivity (Wildman–Crippen MR) is 80.5 cm³/mol. The molecule has 100 valence electrons. The first-order valence-electron chi connectivity index (χ1n) is 7.01. The largest absolute Gasteiger partial charge is 0.295 e. The first-order valence-corrected chi connectivity index (χ1v) is 7.54. The monoisotopic (exact) mass is 274 g/mol. The number of para-hydroxylation sites is 1. The number of likely N-dealkylation sites (tertiary alicyclic amines) is 1. The van der Waals surface area contributed by atoms with Crippen LogP contribution in [0.2, 0.25) is 0 Å². The fourth-order valence-electron chi connectivity index (χ4n) is 2.95. The van der Waals surface area contributed by atoms with E-state index in [1.807, 2.05) is 12.3 Å². The van der Waals surface area contributed by atoms with Gasteiger partial charge in [-0.15, -0.1) is 11.6 Å². The Labute approximate surface area is 119 Å². The zero-order chi connectivity index (χ0) is 13.1. The molecule has 1 atom stereocenters. The van der Waals surface area contributed by atoms with E-state index in [0.717, 1.165) is 24.5 Å². The molecule has 0 N–H and O–H groups in total. The summed E-state index contributed by atoms with van der Waals surface area (Å²) in [6.45, 7) is 2.15. The number of pyridine rings is 1. The van der Waals surface area contributed by atoms with Crippen molar-refractivity contribution in [2.24, 2.45) is 0 Å². The molecule has 2 nitrogen and oxygen atoms in total. The molecule has 1 aliphatic heterocycles. The summed E-state index contributed by atoms with van der Waals surface area (Å²) in [5.41, 5.74) is 2.45. The summed E-state index contributed by atoms with van der Waals surface area (Å²) in [6, 6.07) is 11.0. The van der Waals surface area contributed by atoms with Crippen LogP contribution in [-0.2, 0) is 6.54 Å². The fraction of sp³-hybridized carbons (Fsp3) is 0.438. The van der Waals surface area contributed by atoms with Crippen molar-refractivity contribution in [3.63, 3.8) is 0 Å². The molecule has 1 unspecified atom stereocenters. The van der Waals surface area contributed by atoms with Gasteiger partial charge in [0.25, 0.3) is 0 Å². The molecule has 1 aromatic carbocycles. The highest BCUT2D eigenvalue weighted by Crippen LogP contribution is 2.23. The molecular weight excluding hydrogens is 256 g/mol. The second-order valence-electron chi connectivity index (χ2n) is 5.26. The minimum atomic E-state index is 0.530. The first-order chi connectivity index (χ1) is 9.38. The van der Waals surface area contributed by atoms with Crippen LogP contribution < -0.4 is 0 Å². The summed E-state index contributed by atoms with van der Waals surface area (Å²) < 4.78 is 0. The third kappa shape index (κ3) is 2.75. The van der Waals surface area contributed by atoms with E-state index in [9.17, 15) is 0 Å². The SMILES string of the molecule is ClCC1CCCCN1Cc1ccnc2ccccc12. The summed E-state index contributed by atoms with van der Waals surface area (Å²) in [4.78, 5) is 6.96. The van der Waals surface area contributed by atoms with Gasteiger partial charge in [-0.3, -0.25) is 9.88 Å². The van der Waals surface area contributed by atoms with E-state index in [1.54, 1.807) is 0 Å². The molecule has 1 aromatic heterocycles. The van der Waals surface area contributed by atoms with Crippen molar-refractivity contribution in [1.82, 2.24) is 9.88 Å². The predicted octanol–water partition coefficient (Wildman–Crippen LogP) is 3.83. The number of benzene rings is 1. The molecule has 2 heterocycles. The van der Waals surface area contributed by atoms with E-state index in [-0.39, 0.29) is 0 Å². The van der Waals surface area contributed by atoms with Gasteiger partial charge in [-0.05, 0) is 37.1 Å². The van der Waals surface area contributed by atoms with Crippen molar-refractivity contribution in [2.45, 2.75) is 31.8 Å². The van der Waals surface area contributed by atoms with Crippen LogP contribution in [0.4, 0.5) is 0 Å². The standard InChI is InChI=1S/C16H19ClN2/c17-11-14-5-3-4-10-19(14)12-13-8-9-18-16-7-2-1-6-15(13)16/h1-2,6-9,14H,3-5,10-12H2. The van der Waals surface area contributed by atoms with Crippen LogP contribution >= 0.6 is 11.6 Å². The Bertz CT molecular complexity index is 550. The van der Waals surface area contributed by atoms with Gasteiger partial charge in [-0.2, -0.15) is 0 Å². The van der Waals surface area contributed by atoms with Crippen LogP contribution in [0.15, 0.2) is 36.5 Å². The maximum absolute atomic E-state index is 6.11. The zero-order valence-corrected chi connectivity index (χ0v) is 11.8. The number of aromatic nitrogens is 1. The van der Waals surface area contributed by atoms with Crippen LogP contribution in [0, 0.1) is 0 Å². The minimum Gasteiger partial charge on any atom is -0.295 e. The third-order valence-electron chi connectivity index (χ3n) is 4.04. The van der Waals surface area contributed by atoms with Gasteiger partial charge >= 0.3 is 0 Å². The summed E-state index contributed by atoms with van der Waals surface area (Å²) >= 11 is 6.11. The van der Waals surface area contributed by atoms with Gasteiger partial charge in [0.15, 0.2) is 0 Å². The molecule has 1 aliphatic rings. The van der Waals surface area contributed by atoms with Crippen molar-refractivity contribution in [3.05, 3.63) is 42.1 Å². The summed E-state index contributed by atoms with van der Waals surface area (Å²) in [5.74, 6) is 0.739. The van der Waals surface area contributed by atoms with Crippen LogP contribution in [-0.4, -0.2) is 28.4 Å². The number of hydrogen-bond donors (Lipinski definition) is 0. The minimum absolute atomic E-state index is 0.530. The lowest BCUT2D eigenvalue weighted by Crippen LogP contribution is -2.40. The smallest absolute Gasteiger partial charge is 0.0705 e. The van der Waals surface area contributed by atoms with E-state index in [0.29, 0.717) is 6.04 Å². The van der Waals surface area contributed by atoms with Crippen LogP contribution in [0.25, 0.3) is 10.9 Å². The normalized spacial score (nSPS) is 20.8. The van der Waals surface area contributed by atoms with Gasteiger partial charge in [0.1, 0.15) is 0 Å². The van der Waals surface area contributed by atoms with Crippen molar-refractivity contribution < 1.29 is 0 Å². The van der Waals surface area contributed by atoms with Crippen LogP contribution in [0.5, 0.6) is 0 Å². The quantitative estimate of drug-likeness (QED) is 0.791. The van der Waals surface area contributed by atoms with Gasteiger partial charge < -0.3 is 0 Å². The third-order valence-corrected chi connectivity index (χ3v) is 4.40.